The van der Waals surface area contributed by atoms with Crippen LogP contribution >= 0.6 is 0 Å². The number of carbonyl (C=O) groups is 1. The summed E-state index contributed by atoms with van der Waals surface area (Å²) in [4.78, 5) is 16.2. The van der Waals surface area contributed by atoms with Gasteiger partial charge < -0.3 is 16.0 Å². The molecule has 2 aromatic carbocycles. The van der Waals surface area contributed by atoms with Gasteiger partial charge in [0, 0.05) is 19.3 Å². The Hall–Kier alpha value is -2.82. The number of anilines is 1. The van der Waals surface area contributed by atoms with Gasteiger partial charge in [-0.15, -0.1) is 0 Å². The summed E-state index contributed by atoms with van der Waals surface area (Å²) in [5, 5.41) is 9.12. The molecule has 0 unspecified atom stereocenters. The summed E-state index contributed by atoms with van der Waals surface area (Å²) >= 11 is 0. The van der Waals surface area contributed by atoms with Gasteiger partial charge in [0.15, 0.2) is 5.96 Å². The lowest BCUT2D eigenvalue weighted by atomic mass is 10.1. The maximum atomic E-state index is 12.1. The summed E-state index contributed by atoms with van der Waals surface area (Å²) < 4.78 is 0. The Morgan fingerprint density at radius 3 is 2.48 bits per heavy atom. The van der Waals surface area contributed by atoms with Crippen LogP contribution in [0.2, 0.25) is 0 Å². The van der Waals surface area contributed by atoms with E-state index in [1.54, 1.807) is 7.05 Å². The fourth-order valence-electron chi connectivity index (χ4n) is 2.35. The summed E-state index contributed by atoms with van der Waals surface area (Å²) in [7, 11) is 1.69. The van der Waals surface area contributed by atoms with Crippen LogP contribution < -0.4 is 16.0 Å². The smallest absolute Gasteiger partial charge is 0.243 e. The van der Waals surface area contributed by atoms with Gasteiger partial charge in [-0.05, 0) is 36.6 Å². The van der Waals surface area contributed by atoms with Crippen LogP contribution in [0.25, 0.3) is 0 Å². The Bertz CT molecular complexity index is 723. The van der Waals surface area contributed by atoms with E-state index in [9.17, 15) is 4.79 Å². The Balaban J connectivity index is 1.79. The minimum absolute atomic E-state index is 0.105. The lowest BCUT2D eigenvalue weighted by Crippen LogP contribution is -2.41. The van der Waals surface area contributed by atoms with E-state index in [0.717, 1.165) is 17.7 Å². The Morgan fingerprint density at radius 1 is 1.04 bits per heavy atom. The van der Waals surface area contributed by atoms with E-state index >= 15 is 0 Å². The molecule has 5 heteroatoms. The van der Waals surface area contributed by atoms with Crippen LogP contribution in [0.5, 0.6) is 0 Å². The molecular formula is C20H26N4O. The number of aryl methyl sites for hydroxylation is 2. The predicted octanol–water partition coefficient (Wildman–Crippen LogP) is 2.86. The van der Waals surface area contributed by atoms with Gasteiger partial charge in [-0.2, -0.15) is 0 Å². The molecule has 0 atom stereocenters. The molecule has 0 radical (unpaired) electrons. The molecule has 2 rings (SSSR count). The first-order valence-electron chi connectivity index (χ1n) is 8.49. The Morgan fingerprint density at radius 2 is 1.80 bits per heavy atom. The number of benzene rings is 2. The fourth-order valence-corrected chi connectivity index (χ4v) is 2.35. The van der Waals surface area contributed by atoms with E-state index in [1.165, 1.54) is 11.1 Å². The van der Waals surface area contributed by atoms with Gasteiger partial charge in [-0.1, -0.05) is 48.9 Å². The highest BCUT2D eigenvalue weighted by Gasteiger charge is 2.05. The highest BCUT2D eigenvalue weighted by molar-refractivity contribution is 5.95. The largest absolute Gasteiger partial charge is 0.352 e. The molecule has 25 heavy (non-hydrogen) atoms. The topological polar surface area (TPSA) is 65.5 Å². The summed E-state index contributed by atoms with van der Waals surface area (Å²) in [5.74, 6) is 0.490. The van der Waals surface area contributed by atoms with Crippen LogP contribution in [0.15, 0.2) is 53.5 Å². The molecule has 5 nitrogen and oxygen atoms in total. The van der Waals surface area contributed by atoms with E-state index in [0.29, 0.717) is 12.5 Å². The lowest BCUT2D eigenvalue weighted by molar-refractivity contribution is -0.115. The minimum Gasteiger partial charge on any atom is -0.352 e. The van der Waals surface area contributed by atoms with Crippen LogP contribution in [0.3, 0.4) is 0 Å². The number of guanidine groups is 1. The molecule has 0 saturated heterocycles. The zero-order valence-electron chi connectivity index (χ0n) is 15.1. The standard InChI is InChI=1S/C20H26N4O/c1-4-16-6-5-7-18(12-16)24-19(25)14-23-20(21-3)22-13-17-10-8-15(2)9-11-17/h5-12H,4,13-14H2,1-3H3,(H,24,25)(H2,21,22,23). The van der Waals surface area contributed by atoms with Gasteiger partial charge in [0.05, 0.1) is 6.54 Å². The summed E-state index contributed by atoms with van der Waals surface area (Å²) in [5.41, 5.74) is 4.40. The normalized spacial score (nSPS) is 11.1. The molecule has 2 aromatic rings. The van der Waals surface area contributed by atoms with Gasteiger partial charge in [0.1, 0.15) is 0 Å². The number of amides is 1. The van der Waals surface area contributed by atoms with Crippen molar-refractivity contribution in [2.75, 3.05) is 18.9 Å². The maximum absolute atomic E-state index is 12.1. The molecule has 132 valence electrons. The van der Waals surface area contributed by atoms with Crippen LogP contribution in [0.1, 0.15) is 23.6 Å². The molecule has 0 fully saturated rings. The highest BCUT2D eigenvalue weighted by Crippen LogP contribution is 2.10. The monoisotopic (exact) mass is 338 g/mol. The van der Waals surface area contributed by atoms with Crippen molar-refractivity contribution >= 4 is 17.6 Å². The first-order valence-corrected chi connectivity index (χ1v) is 8.49. The molecule has 0 aliphatic heterocycles. The van der Waals surface area contributed by atoms with Crippen molar-refractivity contribution in [3.05, 3.63) is 65.2 Å². The van der Waals surface area contributed by atoms with Crippen LogP contribution in [-0.2, 0) is 17.8 Å². The van der Waals surface area contributed by atoms with E-state index in [1.807, 2.05) is 24.3 Å². The SMILES string of the molecule is CCc1cccc(NC(=O)CNC(=NC)NCc2ccc(C)cc2)c1. The average Bonchev–Trinajstić information content (AvgIpc) is 2.63. The highest BCUT2D eigenvalue weighted by atomic mass is 16.1. The van der Waals surface area contributed by atoms with Crippen molar-refractivity contribution in [3.63, 3.8) is 0 Å². The second-order valence-electron chi connectivity index (χ2n) is 5.87. The van der Waals surface area contributed by atoms with Crippen molar-refractivity contribution in [2.24, 2.45) is 4.99 Å². The molecule has 0 bridgehead atoms. The third-order valence-corrected chi connectivity index (χ3v) is 3.84. The van der Waals surface area contributed by atoms with Gasteiger partial charge in [0.2, 0.25) is 5.91 Å². The summed E-state index contributed by atoms with van der Waals surface area (Å²) in [6.07, 6.45) is 0.942. The molecule has 0 heterocycles. The van der Waals surface area contributed by atoms with E-state index in [2.05, 4.69) is 59.1 Å². The molecule has 3 N–H and O–H groups in total. The number of rotatable bonds is 6. The van der Waals surface area contributed by atoms with Gasteiger partial charge >= 0.3 is 0 Å². The number of nitrogens with one attached hydrogen (secondary N) is 3. The number of hydrogen-bond acceptors (Lipinski definition) is 2. The minimum atomic E-state index is -0.105. The van der Waals surface area contributed by atoms with E-state index in [-0.39, 0.29) is 12.5 Å². The summed E-state index contributed by atoms with van der Waals surface area (Å²) in [6, 6.07) is 16.2. The predicted molar refractivity (Wildman–Crippen MR) is 104 cm³/mol. The van der Waals surface area contributed by atoms with E-state index < -0.39 is 0 Å². The summed E-state index contributed by atoms with van der Waals surface area (Å²) in [6.45, 7) is 4.96. The lowest BCUT2D eigenvalue weighted by Gasteiger charge is -2.12. The third-order valence-electron chi connectivity index (χ3n) is 3.84. The van der Waals surface area contributed by atoms with Gasteiger partial charge in [-0.25, -0.2) is 0 Å². The third kappa shape index (κ3) is 6.30. The first-order chi connectivity index (χ1) is 12.1. The van der Waals surface area contributed by atoms with Crippen molar-refractivity contribution in [1.29, 1.82) is 0 Å². The average molecular weight is 338 g/mol. The number of aliphatic imine (C=N–C) groups is 1. The van der Waals surface area contributed by atoms with Crippen LogP contribution in [0.4, 0.5) is 5.69 Å². The molecule has 0 spiro atoms. The Labute approximate surface area is 149 Å². The fraction of sp³-hybridized carbons (Fsp3) is 0.300. The van der Waals surface area contributed by atoms with Crippen molar-refractivity contribution in [3.8, 4) is 0 Å². The molecule has 0 aliphatic carbocycles. The first kappa shape index (κ1) is 18.5. The molecular weight excluding hydrogens is 312 g/mol. The zero-order valence-corrected chi connectivity index (χ0v) is 15.1. The van der Waals surface area contributed by atoms with Crippen molar-refractivity contribution in [2.45, 2.75) is 26.8 Å². The quantitative estimate of drug-likeness (QED) is 0.560. The number of nitrogens with zero attached hydrogens (tertiary/aromatic N) is 1. The number of hydrogen-bond donors (Lipinski definition) is 3. The maximum Gasteiger partial charge on any atom is 0.243 e. The molecule has 1 amide bonds. The van der Waals surface area contributed by atoms with Gasteiger partial charge in [-0.3, -0.25) is 9.79 Å². The van der Waals surface area contributed by atoms with Crippen LogP contribution in [0, 0.1) is 6.92 Å². The number of carbonyl (C=O) groups excluding carboxylic acids is 1. The molecule has 0 aliphatic rings. The van der Waals surface area contributed by atoms with E-state index in [4.69, 9.17) is 0 Å². The second-order valence-corrected chi connectivity index (χ2v) is 5.87. The van der Waals surface area contributed by atoms with Gasteiger partial charge in [0.25, 0.3) is 0 Å². The van der Waals surface area contributed by atoms with Crippen molar-refractivity contribution < 1.29 is 4.79 Å². The molecule has 0 saturated carbocycles. The van der Waals surface area contributed by atoms with Crippen LogP contribution in [-0.4, -0.2) is 25.5 Å². The Kier molecular flexibility index (Phi) is 7.01. The van der Waals surface area contributed by atoms with Crippen molar-refractivity contribution in [1.82, 2.24) is 10.6 Å². The molecule has 0 aromatic heterocycles. The zero-order chi connectivity index (χ0) is 18.1. The second kappa shape index (κ2) is 9.47.